The van der Waals surface area contributed by atoms with Gasteiger partial charge in [0.25, 0.3) is 0 Å². The molecule has 0 saturated heterocycles. The lowest BCUT2D eigenvalue weighted by Gasteiger charge is -2.16. The zero-order valence-electron chi connectivity index (χ0n) is 6.68. The van der Waals surface area contributed by atoms with Crippen LogP contribution in [0.5, 0.6) is 0 Å². The first-order valence-corrected chi connectivity index (χ1v) is 3.50. The Labute approximate surface area is 61.5 Å². The van der Waals surface area contributed by atoms with Gasteiger partial charge < -0.3 is 4.74 Å². The molecule has 3 nitrogen and oxygen atoms in total. The Bertz CT molecular complexity index is 114. The Balaban J connectivity index is 3.61. The molecule has 1 amide bonds. The van der Waals surface area contributed by atoms with Crippen molar-refractivity contribution in [3.8, 4) is 0 Å². The van der Waals surface area contributed by atoms with Gasteiger partial charge in [0.05, 0.1) is 0 Å². The number of carbonyl (C=O) groups excluding carboxylic acids is 1. The van der Waals surface area contributed by atoms with Crippen LogP contribution in [-0.2, 0) is 4.74 Å². The van der Waals surface area contributed by atoms with Crippen LogP contribution < -0.4 is 5.73 Å². The zero-order chi connectivity index (χ0) is 8.15. The van der Waals surface area contributed by atoms with Gasteiger partial charge in [-0.2, -0.15) is 0 Å². The fourth-order valence-corrected chi connectivity index (χ4v) is 0.617. The number of carbonyl (C=O) groups is 1. The fraction of sp³-hybridized carbons (Fsp3) is 0.857. The van der Waals surface area contributed by atoms with E-state index in [9.17, 15) is 4.79 Å². The number of hydrogen-bond donors (Lipinski definition) is 0. The summed E-state index contributed by atoms with van der Waals surface area (Å²) in [5.41, 5.74) is 6.52. The van der Waals surface area contributed by atoms with E-state index in [1.165, 1.54) is 0 Å². The number of ether oxygens (including phenoxy) is 1. The quantitative estimate of drug-likeness (QED) is 0.606. The third-order valence-electron chi connectivity index (χ3n) is 1.74. The summed E-state index contributed by atoms with van der Waals surface area (Å²) in [7, 11) is 0. The maximum absolute atomic E-state index is 10.1. The monoisotopic (exact) mass is 144 g/mol. The topological polar surface area (TPSA) is 50.1 Å². The van der Waals surface area contributed by atoms with E-state index >= 15 is 0 Å². The number of hydrogen-bond acceptors (Lipinski definition) is 2. The number of nitrogens with one attached hydrogen (secondary N) is 1. The summed E-state index contributed by atoms with van der Waals surface area (Å²) in [6, 6.07) is 0. The van der Waals surface area contributed by atoms with Gasteiger partial charge in [0.15, 0.2) is 0 Å². The second-order valence-corrected chi connectivity index (χ2v) is 2.50. The predicted octanol–water partition coefficient (Wildman–Crippen LogP) is 1.84. The molecule has 0 spiro atoms. The highest BCUT2D eigenvalue weighted by Crippen LogP contribution is 2.09. The van der Waals surface area contributed by atoms with Crippen molar-refractivity contribution in [2.75, 3.05) is 0 Å². The second-order valence-electron chi connectivity index (χ2n) is 2.50. The van der Waals surface area contributed by atoms with Gasteiger partial charge >= 0.3 is 6.09 Å². The van der Waals surface area contributed by atoms with E-state index < -0.39 is 6.09 Å². The van der Waals surface area contributed by atoms with Crippen LogP contribution in [-0.4, -0.2) is 12.2 Å². The lowest BCUT2D eigenvalue weighted by atomic mass is 10.0. The Hall–Kier alpha value is -0.730. The molecule has 0 aromatic rings. The highest BCUT2D eigenvalue weighted by atomic mass is 16.6. The van der Waals surface area contributed by atoms with Gasteiger partial charge in [-0.05, 0) is 12.8 Å². The van der Waals surface area contributed by atoms with Crippen molar-refractivity contribution in [1.29, 1.82) is 0 Å². The smallest absolute Gasteiger partial charge is 0.426 e. The summed E-state index contributed by atoms with van der Waals surface area (Å²) < 4.78 is 4.63. The molecule has 2 unspecified atom stereocenters. The molecule has 3 heteroatoms. The molecular weight excluding hydrogens is 130 g/mol. The van der Waals surface area contributed by atoms with Crippen molar-refractivity contribution < 1.29 is 9.53 Å². The Morgan fingerprint density at radius 3 is 2.40 bits per heavy atom. The summed E-state index contributed by atoms with van der Waals surface area (Å²) >= 11 is 0. The Morgan fingerprint density at radius 1 is 1.60 bits per heavy atom. The Kier molecular flexibility index (Phi) is 3.84. The lowest BCUT2D eigenvalue weighted by Crippen LogP contribution is -2.21. The van der Waals surface area contributed by atoms with Crippen molar-refractivity contribution >= 4 is 6.09 Å². The van der Waals surface area contributed by atoms with Crippen LogP contribution in [0, 0.1) is 5.92 Å². The molecule has 0 aromatic heterocycles. The van der Waals surface area contributed by atoms with Crippen molar-refractivity contribution in [2.45, 2.75) is 33.3 Å². The highest BCUT2D eigenvalue weighted by molar-refractivity contribution is 5.63. The fourth-order valence-electron chi connectivity index (χ4n) is 0.617. The molecule has 59 valence electrons. The molecule has 0 aliphatic rings. The lowest BCUT2D eigenvalue weighted by molar-refractivity contribution is 0.0826. The summed E-state index contributed by atoms with van der Waals surface area (Å²) in [6.07, 6.45) is -0.100. The van der Waals surface area contributed by atoms with Crippen molar-refractivity contribution in [1.82, 2.24) is 5.73 Å². The first kappa shape index (κ1) is 9.27. The average molecular weight is 144 g/mol. The molecule has 0 fully saturated rings. The van der Waals surface area contributed by atoms with E-state index in [0.717, 1.165) is 6.42 Å². The summed E-state index contributed by atoms with van der Waals surface area (Å²) in [5.74, 6) is 0.342. The van der Waals surface area contributed by atoms with Crippen molar-refractivity contribution in [3.05, 3.63) is 0 Å². The highest BCUT2D eigenvalue weighted by Gasteiger charge is 2.12. The maximum Gasteiger partial charge on any atom is 0.426 e. The molecule has 0 aliphatic carbocycles. The molecule has 0 heterocycles. The van der Waals surface area contributed by atoms with Gasteiger partial charge in [0.2, 0.25) is 0 Å². The van der Waals surface area contributed by atoms with Crippen LogP contribution in [0.4, 0.5) is 4.79 Å². The minimum Gasteiger partial charge on any atom is -0.445 e. The molecule has 0 bridgehead atoms. The summed E-state index contributed by atoms with van der Waals surface area (Å²) in [5, 5.41) is 0. The molecule has 2 atom stereocenters. The van der Waals surface area contributed by atoms with Crippen LogP contribution in [0.1, 0.15) is 27.2 Å². The van der Waals surface area contributed by atoms with Crippen molar-refractivity contribution in [2.24, 2.45) is 5.92 Å². The average Bonchev–Trinajstić information content (AvgIpc) is 1.85. The van der Waals surface area contributed by atoms with E-state index in [4.69, 9.17) is 5.73 Å². The van der Waals surface area contributed by atoms with Gasteiger partial charge in [-0.3, -0.25) is 0 Å². The van der Waals surface area contributed by atoms with E-state index in [0.29, 0.717) is 5.92 Å². The molecular formula is C7H14NO2. The van der Waals surface area contributed by atoms with Gasteiger partial charge in [-0.15, -0.1) is 0 Å². The number of amides is 1. The number of rotatable bonds is 3. The van der Waals surface area contributed by atoms with E-state index in [2.05, 4.69) is 4.74 Å². The predicted molar refractivity (Wildman–Crippen MR) is 38.5 cm³/mol. The van der Waals surface area contributed by atoms with Crippen LogP contribution in [0.3, 0.4) is 0 Å². The van der Waals surface area contributed by atoms with Gasteiger partial charge in [-0.25, -0.2) is 10.5 Å². The minimum absolute atomic E-state index is 0.130. The van der Waals surface area contributed by atoms with E-state index in [-0.39, 0.29) is 6.10 Å². The van der Waals surface area contributed by atoms with E-state index in [1.54, 1.807) is 6.92 Å². The first-order valence-electron chi connectivity index (χ1n) is 3.50. The zero-order valence-corrected chi connectivity index (χ0v) is 6.68. The third kappa shape index (κ3) is 3.33. The summed E-state index contributed by atoms with van der Waals surface area (Å²) in [4.78, 5) is 10.1. The molecule has 0 aliphatic heterocycles. The third-order valence-corrected chi connectivity index (χ3v) is 1.74. The normalized spacial score (nSPS) is 15.9. The molecule has 10 heavy (non-hydrogen) atoms. The SMILES string of the molecule is CCC(C)C(C)OC([NH])=O. The van der Waals surface area contributed by atoms with Crippen LogP contribution in [0.2, 0.25) is 0 Å². The molecule has 0 rings (SSSR count). The molecule has 1 radical (unpaired) electrons. The Morgan fingerprint density at radius 2 is 2.10 bits per heavy atom. The van der Waals surface area contributed by atoms with Crippen LogP contribution in [0.15, 0.2) is 0 Å². The van der Waals surface area contributed by atoms with Gasteiger partial charge in [-0.1, -0.05) is 20.3 Å². The largest absolute Gasteiger partial charge is 0.445 e. The van der Waals surface area contributed by atoms with Gasteiger partial charge in [0.1, 0.15) is 6.10 Å². The van der Waals surface area contributed by atoms with Gasteiger partial charge in [0, 0.05) is 0 Å². The maximum atomic E-state index is 10.1. The molecule has 0 saturated carbocycles. The standard InChI is InChI=1S/C7H14NO2/c1-4-5(2)6(3)10-7(8)9/h5-6,8H,4H2,1-3H3. The van der Waals surface area contributed by atoms with E-state index in [1.807, 2.05) is 13.8 Å². The molecule has 1 N–H and O–H groups in total. The second kappa shape index (κ2) is 4.14. The van der Waals surface area contributed by atoms with Crippen LogP contribution in [0.25, 0.3) is 0 Å². The molecule has 0 aromatic carbocycles. The first-order chi connectivity index (χ1) is 4.57. The summed E-state index contributed by atoms with van der Waals surface area (Å²) in [6.45, 7) is 5.83. The van der Waals surface area contributed by atoms with Crippen LogP contribution >= 0.6 is 0 Å². The van der Waals surface area contributed by atoms with Crippen molar-refractivity contribution in [3.63, 3.8) is 0 Å². The minimum atomic E-state index is -0.937.